The van der Waals surface area contributed by atoms with E-state index >= 15 is 0 Å². The van der Waals surface area contributed by atoms with E-state index in [1.165, 1.54) is 0 Å². The van der Waals surface area contributed by atoms with Gasteiger partial charge in [0, 0.05) is 25.7 Å². The molecule has 0 saturated heterocycles. The van der Waals surface area contributed by atoms with E-state index in [1.807, 2.05) is 0 Å². The molecule has 4 aliphatic carbocycles. The maximum atomic E-state index is 14.1. The molecule has 1 nitrogen and oxygen atoms in total. The third kappa shape index (κ3) is 2.03. The highest BCUT2D eigenvalue weighted by molar-refractivity contribution is 5.79. The van der Waals surface area contributed by atoms with E-state index in [0.717, 1.165) is 38.5 Å². The zero-order valence-corrected chi connectivity index (χ0v) is 13.8. The molecular weight excluding hydrogens is 282 g/mol. The fraction of sp³-hybridized carbons (Fsp3) is 0.947. The van der Waals surface area contributed by atoms with Gasteiger partial charge in [0.05, 0.1) is 0 Å². The fourth-order valence-corrected chi connectivity index (χ4v) is 7.04. The quantitative estimate of drug-likeness (QED) is 0.598. The summed E-state index contributed by atoms with van der Waals surface area (Å²) in [5, 5.41) is 0. The highest BCUT2D eigenvalue weighted by atomic mass is 19.3. The molecule has 124 valence electrons. The van der Waals surface area contributed by atoms with E-state index < -0.39 is 5.92 Å². The number of carbonyl (C=O) groups is 1. The van der Waals surface area contributed by atoms with Crippen LogP contribution in [0.25, 0.3) is 0 Å². The van der Waals surface area contributed by atoms with Gasteiger partial charge in [0.1, 0.15) is 5.78 Å². The molecule has 6 atom stereocenters. The van der Waals surface area contributed by atoms with Gasteiger partial charge in [-0.15, -0.1) is 0 Å². The van der Waals surface area contributed by atoms with E-state index in [4.69, 9.17) is 0 Å². The Balaban J connectivity index is 1.64. The van der Waals surface area contributed by atoms with Crippen molar-refractivity contribution in [3.8, 4) is 0 Å². The summed E-state index contributed by atoms with van der Waals surface area (Å²) in [4.78, 5) is 11.8. The zero-order valence-electron chi connectivity index (χ0n) is 13.8. The first-order valence-electron chi connectivity index (χ1n) is 9.13. The van der Waals surface area contributed by atoms with Crippen molar-refractivity contribution in [1.82, 2.24) is 0 Å². The molecule has 22 heavy (non-hydrogen) atoms. The van der Waals surface area contributed by atoms with Crippen molar-refractivity contribution >= 4 is 5.78 Å². The Hall–Kier alpha value is -0.470. The minimum atomic E-state index is -2.45. The van der Waals surface area contributed by atoms with Gasteiger partial charge in [-0.2, -0.15) is 0 Å². The lowest BCUT2D eigenvalue weighted by Gasteiger charge is -2.59. The highest BCUT2D eigenvalue weighted by Gasteiger charge is 2.62. The van der Waals surface area contributed by atoms with Crippen LogP contribution in [0.2, 0.25) is 0 Å². The summed E-state index contributed by atoms with van der Waals surface area (Å²) in [6, 6.07) is 0. The lowest BCUT2D eigenvalue weighted by molar-refractivity contribution is -0.137. The second kappa shape index (κ2) is 4.54. The molecule has 0 radical (unpaired) electrons. The average Bonchev–Trinajstić information content (AvgIpc) is 2.68. The first kappa shape index (κ1) is 15.1. The molecule has 0 unspecified atom stereocenters. The Bertz CT molecular complexity index is 502. The maximum Gasteiger partial charge on any atom is 0.249 e. The maximum absolute atomic E-state index is 14.1. The molecule has 0 aromatic heterocycles. The lowest BCUT2D eigenvalue weighted by Crippen LogP contribution is -2.52. The van der Waals surface area contributed by atoms with Crippen molar-refractivity contribution in [3.05, 3.63) is 0 Å². The Labute approximate surface area is 132 Å². The topological polar surface area (TPSA) is 17.1 Å². The van der Waals surface area contributed by atoms with Crippen LogP contribution in [0.5, 0.6) is 0 Å². The molecule has 0 heterocycles. The van der Waals surface area contributed by atoms with Crippen LogP contribution < -0.4 is 0 Å². The predicted octanol–water partition coefficient (Wildman–Crippen LogP) is 5.23. The van der Waals surface area contributed by atoms with Gasteiger partial charge in [0.2, 0.25) is 5.92 Å². The van der Waals surface area contributed by atoms with Crippen LogP contribution in [0, 0.1) is 34.5 Å². The summed E-state index contributed by atoms with van der Waals surface area (Å²) < 4.78 is 28.2. The number of halogens is 2. The Morgan fingerprint density at radius 3 is 2.59 bits per heavy atom. The summed E-state index contributed by atoms with van der Waals surface area (Å²) in [6.07, 6.45) is 6.91. The van der Waals surface area contributed by atoms with Crippen LogP contribution in [0.15, 0.2) is 0 Å². The fourth-order valence-electron chi connectivity index (χ4n) is 7.04. The monoisotopic (exact) mass is 310 g/mol. The van der Waals surface area contributed by atoms with E-state index in [1.54, 1.807) is 0 Å². The molecule has 4 rings (SSSR count). The van der Waals surface area contributed by atoms with Crippen LogP contribution >= 0.6 is 0 Å². The van der Waals surface area contributed by atoms with Gasteiger partial charge in [-0.3, -0.25) is 4.79 Å². The third-order valence-corrected chi connectivity index (χ3v) is 8.18. The van der Waals surface area contributed by atoms with Gasteiger partial charge in [-0.05, 0) is 66.6 Å². The van der Waals surface area contributed by atoms with E-state index in [9.17, 15) is 13.6 Å². The van der Waals surface area contributed by atoms with Gasteiger partial charge in [0.25, 0.3) is 0 Å². The third-order valence-electron chi connectivity index (χ3n) is 8.18. The minimum absolute atomic E-state index is 0.104. The van der Waals surface area contributed by atoms with Crippen molar-refractivity contribution in [3.63, 3.8) is 0 Å². The smallest absolute Gasteiger partial charge is 0.249 e. The van der Waals surface area contributed by atoms with Gasteiger partial charge in [-0.1, -0.05) is 13.8 Å². The zero-order chi connectivity index (χ0) is 15.8. The van der Waals surface area contributed by atoms with Gasteiger partial charge in [-0.25, -0.2) is 8.78 Å². The van der Waals surface area contributed by atoms with Crippen molar-refractivity contribution in [1.29, 1.82) is 0 Å². The van der Waals surface area contributed by atoms with Gasteiger partial charge < -0.3 is 0 Å². The molecule has 0 aliphatic heterocycles. The number of carbonyl (C=O) groups excluding carboxylic acids is 1. The highest BCUT2D eigenvalue weighted by Crippen LogP contribution is 2.67. The first-order chi connectivity index (χ1) is 10.2. The first-order valence-corrected chi connectivity index (χ1v) is 9.13. The molecule has 0 aromatic rings. The van der Waals surface area contributed by atoms with E-state index in [0.29, 0.717) is 30.0 Å². The van der Waals surface area contributed by atoms with E-state index in [2.05, 4.69) is 13.8 Å². The average molecular weight is 310 g/mol. The van der Waals surface area contributed by atoms with Crippen molar-refractivity contribution in [2.24, 2.45) is 34.5 Å². The molecule has 0 spiro atoms. The number of fused-ring (bicyclic) bond motifs is 5. The Kier molecular flexibility index (Phi) is 3.11. The molecule has 4 saturated carbocycles. The van der Waals surface area contributed by atoms with Crippen LogP contribution in [0.3, 0.4) is 0 Å². The molecule has 4 fully saturated rings. The normalized spacial score (nSPS) is 53.5. The second-order valence-electron chi connectivity index (χ2n) is 9.33. The summed E-state index contributed by atoms with van der Waals surface area (Å²) in [6.45, 7) is 4.49. The van der Waals surface area contributed by atoms with Crippen LogP contribution in [-0.2, 0) is 4.79 Å². The largest absolute Gasteiger partial charge is 0.300 e. The van der Waals surface area contributed by atoms with Crippen LogP contribution in [0.4, 0.5) is 8.78 Å². The van der Waals surface area contributed by atoms with Crippen molar-refractivity contribution in [2.75, 3.05) is 0 Å². The summed E-state index contributed by atoms with van der Waals surface area (Å²) in [7, 11) is 0. The number of alkyl halides is 2. The molecule has 0 amide bonds. The summed E-state index contributed by atoms with van der Waals surface area (Å²) in [5.41, 5.74) is 0.0916. The lowest BCUT2D eigenvalue weighted by atomic mass is 9.45. The Morgan fingerprint density at radius 2 is 1.82 bits per heavy atom. The number of hydrogen-bond acceptors (Lipinski definition) is 1. The summed E-state index contributed by atoms with van der Waals surface area (Å²) in [5.74, 6) is -0.256. The molecule has 0 aromatic carbocycles. The van der Waals surface area contributed by atoms with Crippen LogP contribution in [-0.4, -0.2) is 11.7 Å². The number of ketones is 1. The standard InChI is InChI=1S/C19H28F2O/c1-17-7-6-15-14(16(17)10-19(20,21)11-17)4-3-12-9-13(22)5-8-18(12,15)2/h12,14-16H,3-11H2,1-2H3/t12-,14-,15+,16+,17+,18+/m0/s1. The minimum Gasteiger partial charge on any atom is -0.300 e. The van der Waals surface area contributed by atoms with Crippen LogP contribution in [0.1, 0.15) is 71.6 Å². The number of hydrogen-bond donors (Lipinski definition) is 0. The molecule has 0 N–H and O–H groups in total. The Morgan fingerprint density at radius 1 is 1.05 bits per heavy atom. The van der Waals surface area contributed by atoms with Gasteiger partial charge >= 0.3 is 0 Å². The predicted molar refractivity (Wildman–Crippen MR) is 81.7 cm³/mol. The number of rotatable bonds is 0. The summed E-state index contributed by atoms with van der Waals surface area (Å²) >= 11 is 0. The molecule has 4 aliphatic rings. The molecule has 3 heteroatoms. The second-order valence-corrected chi connectivity index (χ2v) is 9.33. The number of Topliss-reactive ketones (excluding diaryl/α,β-unsaturated/α-hetero) is 1. The van der Waals surface area contributed by atoms with E-state index in [-0.39, 0.29) is 29.6 Å². The van der Waals surface area contributed by atoms with Gasteiger partial charge in [0.15, 0.2) is 0 Å². The van der Waals surface area contributed by atoms with Crippen molar-refractivity contribution < 1.29 is 13.6 Å². The van der Waals surface area contributed by atoms with Crippen molar-refractivity contribution in [2.45, 2.75) is 77.6 Å². The SMILES string of the molecule is C[C@]12CC[C@@H]3[C@H](CC[C@H]4CC(=O)CC[C@]43C)[C@H]1CC(F)(F)C2. The molecular formula is C19H28F2O. The molecule has 0 bridgehead atoms.